The molecule has 176 valence electrons. The van der Waals surface area contributed by atoms with Crippen LogP contribution >= 0.6 is 22.9 Å². The third-order valence-corrected chi connectivity index (χ3v) is 7.94. The average molecular weight is 511 g/mol. The summed E-state index contributed by atoms with van der Waals surface area (Å²) < 4.78 is 47.7. The van der Waals surface area contributed by atoms with Crippen molar-refractivity contribution in [3.05, 3.63) is 63.7 Å². The first-order chi connectivity index (χ1) is 15.8. The highest BCUT2D eigenvalue weighted by atomic mass is 35.5. The molecule has 1 aliphatic rings. The van der Waals surface area contributed by atoms with Crippen molar-refractivity contribution in [2.75, 3.05) is 36.9 Å². The molecule has 1 aromatic heterocycles. The number of rotatable bonds is 8. The minimum Gasteiger partial charge on any atom is -0.497 e. The van der Waals surface area contributed by atoms with Gasteiger partial charge in [0.05, 0.1) is 23.3 Å². The Labute approximate surface area is 201 Å². The van der Waals surface area contributed by atoms with Gasteiger partial charge in [-0.3, -0.25) is 9.62 Å². The lowest BCUT2D eigenvalue weighted by Crippen LogP contribution is -2.34. The van der Waals surface area contributed by atoms with Gasteiger partial charge in [-0.15, -0.1) is 11.3 Å². The molecule has 1 N–H and O–H groups in total. The van der Waals surface area contributed by atoms with Crippen molar-refractivity contribution in [1.29, 1.82) is 0 Å². The highest BCUT2D eigenvalue weighted by molar-refractivity contribution is 7.92. The van der Waals surface area contributed by atoms with Gasteiger partial charge < -0.3 is 9.64 Å². The SMILES string of the molecule is COc1cccc(CN2CCC(N(C)c3cc(F)c(S(=O)(=O)Nc4cscn4)cc3Cl)C2)c1. The molecule has 3 aromatic rings. The summed E-state index contributed by atoms with van der Waals surface area (Å²) in [6.45, 7) is 2.44. The van der Waals surface area contributed by atoms with Gasteiger partial charge in [-0.2, -0.15) is 0 Å². The van der Waals surface area contributed by atoms with Crippen LogP contribution in [0.2, 0.25) is 5.02 Å². The smallest absolute Gasteiger partial charge is 0.266 e. The van der Waals surface area contributed by atoms with Gasteiger partial charge in [-0.1, -0.05) is 23.7 Å². The Balaban J connectivity index is 1.47. The van der Waals surface area contributed by atoms with Crippen molar-refractivity contribution in [2.45, 2.75) is 23.9 Å². The molecule has 0 bridgehead atoms. The zero-order valence-electron chi connectivity index (χ0n) is 18.2. The molecule has 1 fully saturated rings. The van der Waals surface area contributed by atoms with Crippen LogP contribution in [0.5, 0.6) is 5.75 Å². The van der Waals surface area contributed by atoms with Gasteiger partial charge in [0, 0.05) is 44.2 Å². The number of likely N-dealkylation sites (N-methyl/N-ethyl adjacent to an activating group) is 1. The number of anilines is 2. The van der Waals surface area contributed by atoms with Gasteiger partial charge >= 0.3 is 0 Å². The minimum absolute atomic E-state index is 0.114. The lowest BCUT2D eigenvalue weighted by Gasteiger charge is -2.28. The molecule has 7 nitrogen and oxygen atoms in total. The molecule has 1 atom stereocenters. The maximum Gasteiger partial charge on any atom is 0.266 e. The molecule has 11 heteroatoms. The van der Waals surface area contributed by atoms with Crippen molar-refractivity contribution >= 4 is 44.5 Å². The summed E-state index contributed by atoms with van der Waals surface area (Å²) in [5, 5.41) is 1.69. The van der Waals surface area contributed by atoms with Gasteiger partial charge in [0.1, 0.15) is 16.5 Å². The third-order valence-electron chi connectivity index (χ3n) is 5.68. The van der Waals surface area contributed by atoms with E-state index in [9.17, 15) is 12.8 Å². The minimum atomic E-state index is -4.15. The molecule has 2 heterocycles. The number of aromatic nitrogens is 1. The average Bonchev–Trinajstić information content (AvgIpc) is 3.46. The summed E-state index contributed by atoms with van der Waals surface area (Å²) in [7, 11) is -0.653. The summed E-state index contributed by atoms with van der Waals surface area (Å²) >= 11 is 7.65. The van der Waals surface area contributed by atoms with Crippen LogP contribution in [0.15, 0.2) is 52.2 Å². The first-order valence-corrected chi connectivity index (χ1v) is 13.1. The number of hydrogen-bond acceptors (Lipinski definition) is 7. The second-order valence-corrected chi connectivity index (χ2v) is 10.6. The van der Waals surface area contributed by atoms with E-state index in [1.807, 2.05) is 30.1 Å². The lowest BCUT2D eigenvalue weighted by molar-refractivity contribution is 0.325. The van der Waals surface area contributed by atoms with Crippen LogP contribution in [0.1, 0.15) is 12.0 Å². The summed E-state index contributed by atoms with van der Waals surface area (Å²) in [4.78, 5) is 7.60. The maximum absolute atomic E-state index is 14.9. The van der Waals surface area contributed by atoms with Gasteiger partial charge in [0.25, 0.3) is 10.0 Å². The number of ether oxygens (including phenoxy) is 1. The molecule has 0 saturated carbocycles. The Kier molecular flexibility index (Phi) is 7.08. The number of likely N-dealkylation sites (tertiary alicyclic amines) is 1. The van der Waals surface area contributed by atoms with Gasteiger partial charge in [0.15, 0.2) is 5.82 Å². The van der Waals surface area contributed by atoms with E-state index in [1.54, 1.807) is 7.11 Å². The second kappa shape index (κ2) is 9.84. The fourth-order valence-electron chi connectivity index (χ4n) is 3.95. The van der Waals surface area contributed by atoms with Gasteiger partial charge in [0.2, 0.25) is 0 Å². The quantitative estimate of drug-likeness (QED) is 0.482. The first-order valence-electron chi connectivity index (χ1n) is 10.2. The monoisotopic (exact) mass is 510 g/mol. The molecule has 33 heavy (non-hydrogen) atoms. The topological polar surface area (TPSA) is 74.8 Å². The lowest BCUT2D eigenvalue weighted by atomic mass is 10.2. The number of nitrogens with one attached hydrogen (secondary N) is 1. The molecule has 1 saturated heterocycles. The van der Waals surface area contributed by atoms with E-state index < -0.39 is 20.7 Å². The maximum atomic E-state index is 14.9. The fraction of sp³-hybridized carbons (Fsp3) is 0.318. The van der Waals surface area contributed by atoms with Crippen molar-refractivity contribution in [3.63, 3.8) is 0 Å². The molecule has 0 aliphatic carbocycles. The Morgan fingerprint density at radius 3 is 2.91 bits per heavy atom. The van der Waals surface area contributed by atoms with Crippen molar-refractivity contribution in [1.82, 2.24) is 9.88 Å². The Hall–Kier alpha value is -2.40. The molecular weight excluding hydrogens is 487 g/mol. The fourth-order valence-corrected chi connectivity index (χ4v) is 5.95. The predicted molar refractivity (Wildman–Crippen MR) is 129 cm³/mol. The summed E-state index contributed by atoms with van der Waals surface area (Å²) in [5.41, 5.74) is 3.09. The highest BCUT2D eigenvalue weighted by Gasteiger charge is 2.29. The van der Waals surface area contributed by atoms with Crippen LogP contribution in [-0.4, -0.2) is 51.6 Å². The molecule has 2 aromatic carbocycles. The molecule has 0 radical (unpaired) electrons. The van der Waals surface area contributed by atoms with Crippen molar-refractivity contribution < 1.29 is 17.5 Å². The largest absolute Gasteiger partial charge is 0.497 e. The molecular formula is C22H24ClFN4O3S2. The van der Waals surface area contributed by atoms with Crippen LogP contribution < -0.4 is 14.4 Å². The number of hydrogen-bond donors (Lipinski definition) is 1. The first kappa shape index (κ1) is 23.7. The molecule has 1 aliphatic heterocycles. The zero-order chi connectivity index (χ0) is 23.6. The van der Waals surface area contributed by atoms with Crippen molar-refractivity contribution in [3.8, 4) is 5.75 Å². The number of halogens is 2. The van der Waals surface area contributed by atoms with E-state index >= 15 is 0 Å². The van der Waals surface area contributed by atoms with Crippen LogP contribution in [0.3, 0.4) is 0 Å². The number of benzene rings is 2. The number of nitrogens with zero attached hydrogens (tertiary/aromatic N) is 3. The zero-order valence-corrected chi connectivity index (χ0v) is 20.6. The number of thiazole rings is 1. The summed E-state index contributed by atoms with van der Waals surface area (Å²) in [6, 6.07) is 10.4. The van der Waals surface area contributed by atoms with Crippen LogP contribution in [0.4, 0.5) is 15.9 Å². The third kappa shape index (κ3) is 5.40. The van der Waals surface area contributed by atoms with E-state index in [1.165, 1.54) is 28.3 Å². The normalized spacial score (nSPS) is 16.7. The van der Waals surface area contributed by atoms with Crippen molar-refractivity contribution in [2.24, 2.45) is 0 Å². The molecule has 0 amide bonds. The van der Waals surface area contributed by atoms with E-state index in [0.29, 0.717) is 5.69 Å². The number of methoxy groups -OCH3 is 1. The van der Waals surface area contributed by atoms with E-state index in [-0.39, 0.29) is 16.9 Å². The second-order valence-electron chi connectivity index (χ2n) is 7.85. The molecule has 0 spiro atoms. The highest BCUT2D eigenvalue weighted by Crippen LogP contribution is 2.33. The van der Waals surface area contributed by atoms with E-state index in [2.05, 4.69) is 20.7 Å². The Bertz CT molecular complexity index is 1220. The van der Waals surface area contributed by atoms with E-state index in [4.69, 9.17) is 16.3 Å². The van der Waals surface area contributed by atoms with Crippen LogP contribution in [0, 0.1) is 5.82 Å². The molecule has 1 unspecified atom stereocenters. The standard InChI is InChI=1S/C22H24ClFN4O3S2/c1-27(16-6-7-28(12-16)11-15-4-3-5-17(8-15)31-2)20-10-19(24)21(9-18(20)23)33(29,30)26-22-13-32-14-25-22/h3-5,8-10,13-14,16,26H,6-7,11-12H2,1-2H3. The Morgan fingerprint density at radius 1 is 1.36 bits per heavy atom. The van der Waals surface area contributed by atoms with Gasteiger partial charge in [-0.25, -0.2) is 17.8 Å². The predicted octanol–water partition coefficient (Wildman–Crippen LogP) is 4.46. The van der Waals surface area contributed by atoms with E-state index in [0.717, 1.165) is 43.4 Å². The summed E-state index contributed by atoms with van der Waals surface area (Å²) in [6.07, 6.45) is 0.879. The van der Waals surface area contributed by atoms with Crippen LogP contribution in [0.25, 0.3) is 0 Å². The summed E-state index contributed by atoms with van der Waals surface area (Å²) in [5.74, 6) is 0.0935. The molecule has 4 rings (SSSR count). The Morgan fingerprint density at radius 2 is 2.18 bits per heavy atom. The van der Waals surface area contributed by atoms with Crippen LogP contribution in [-0.2, 0) is 16.6 Å². The number of sulfonamides is 1. The van der Waals surface area contributed by atoms with Gasteiger partial charge in [-0.05, 0) is 30.2 Å².